The highest BCUT2D eigenvalue weighted by Crippen LogP contribution is 2.52. The van der Waals surface area contributed by atoms with Crippen LogP contribution in [0.15, 0.2) is 126 Å². The molecule has 9 aromatic carbocycles. The molecule has 0 aliphatic carbocycles. The summed E-state index contributed by atoms with van der Waals surface area (Å²) in [6.45, 7) is 18.6. The molecule has 1 aromatic heterocycles. The summed E-state index contributed by atoms with van der Waals surface area (Å²) in [4.78, 5) is 0. The molecule has 0 saturated carbocycles. The van der Waals surface area contributed by atoms with Gasteiger partial charge in [-0.15, -0.1) is 0 Å². The molecule has 1 nitrogen and oxygen atoms in total. The Morgan fingerprint density at radius 3 is 1.42 bits per heavy atom. The normalized spacial score (nSPS) is 12.0. The van der Waals surface area contributed by atoms with E-state index in [0.29, 0.717) is 0 Å². The molecule has 0 aliphatic rings. The van der Waals surface area contributed by atoms with Gasteiger partial charge in [0.1, 0.15) is 11.2 Å². The van der Waals surface area contributed by atoms with E-state index in [1.807, 2.05) is 0 Å². The SMILES string of the molecule is Cc1c(C)c(C)c2c(-c3cccc4oc5ccccc5c34)c3c(C)c(C)c(C)c(C)c3c(-c3ccc(-c4cccc5ccc6ccccc6c45)cc3)c2c1C. The van der Waals surface area contributed by atoms with Gasteiger partial charge in [0.2, 0.25) is 0 Å². The second kappa shape index (κ2) is 12.2. The maximum Gasteiger partial charge on any atom is 0.136 e. The highest BCUT2D eigenvalue weighted by atomic mass is 16.3. The maximum atomic E-state index is 6.52. The van der Waals surface area contributed by atoms with Crippen LogP contribution in [0.2, 0.25) is 0 Å². The number of aryl methyl sites for hydroxylation is 4. The van der Waals surface area contributed by atoms with Crippen LogP contribution in [0.1, 0.15) is 44.5 Å². The van der Waals surface area contributed by atoms with Crippen LogP contribution in [0, 0.1) is 55.4 Å². The van der Waals surface area contributed by atoms with E-state index in [9.17, 15) is 0 Å². The summed E-state index contributed by atoms with van der Waals surface area (Å²) >= 11 is 0. The predicted octanol–water partition coefficient (Wildman–Crippen LogP) is 15.7. The molecule has 0 amide bonds. The van der Waals surface area contributed by atoms with Crippen molar-refractivity contribution in [2.24, 2.45) is 0 Å². The number of fused-ring (bicyclic) bond motifs is 8. The number of hydrogen-bond acceptors (Lipinski definition) is 1. The first-order valence-corrected chi connectivity index (χ1v) is 19.5. The summed E-state index contributed by atoms with van der Waals surface area (Å²) in [6.07, 6.45) is 0. The number of rotatable bonds is 3. The van der Waals surface area contributed by atoms with Gasteiger partial charge in [-0.2, -0.15) is 0 Å². The smallest absolute Gasteiger partial charge is 0.136 e. The molecular weight excluding hydrogens is 665 g/mol. The first kappa shape index (κ1) is 33.4. The highest BCUT2D eigenvalue weighted by Gasteiger charge is 2.27. The van der Waals surface area contributed by atoms with Crippen LogP contribution in [0.3, 0.4) is 0 Å². The molecule has 0 atom stereocenters. The molecule has 0 saturated heterocycles. The molecule has 266 valence electrons. The lowest BCUT2D eigenvalue weighted by atomic mass is 9.76. The second-order valence-electron chi connectivity index (χ2n) is 15.8. The van der Waals surface area contributed by atoms with Crippen molar-refractivity contribution in [2.45, 2.75) is 55.4 Å². The van der Waals surface area contributed by atoms with Gasteiger partial charge in [-0.25, -0.2) is 0 Å². The Morgan fingerprint density at radius 1 is 0.291 bits per heavy atom. The molecule has 1 heteroatoms. The van der Waals surface area contributed by atoms with Gasteiger partial charge in [-0.3, -0.25) is 0 Å². The lowest BCUT2D eigenvalue weighted by Gasteiger charge is -2.27. The zero-order valence-corrected chi connectivity index (χ0v) is 33.0. The van der Waals surface area contributed by atoms with Crippen LogP contribution < -0.4 is 0 Å². The average molecular weight is 709 g/mol. The van der Waals surface area contributed by atoms with Gasteiger partial charge >= 0.3 is 0 Å². The van der Waals surface area contributed by atoms with Crippen LogP contribution in [-0.4, -0.2) is 0 Å². The van der Waals surface area contributed by atoms with Gasteiger partial charge in [0, 0.05) is 10.8 Å². The van der Waals surface area contributed by atoms with E-state index in [1.54, 1.807) is 0 Å². The molecule has 1 heterocycles. The van der Waals surface area contributed by atoms with Crippen LogP contribution >= 0.6 is 0 Å². The van der Waals surface area contributed by atoms with Crippen LogP contribution in [0.5, 0.6) is 0 Å². The molecule has 0 unspecified atom stereocenters. The Morgan fingerprint density at radius 2 is 0.764 bits per heavy atom. The summed E-state index contributed by atoms with van der Waals surface area (Å²) in [5, 5.41) is 12.9. The summed E-state index contributed by atoms with van der Waals surface area (Å²) in [6, 6.07) is 44.5. The van der Waals surface area contributed by atoms with E-state index in [2.05, 4.69) is 177 Å². The molecule has 55 heavy (non-hydrogen) atoms. The van der Waals surface area contributed by atoms with Crippen LogP contribution in [0.25, 0.3) is 98.4 Å². The van der Waals surface area contributed by atoms with Crippen molar-refractivity contribution >= 4 is 65.0 Å². The van der Waals surface area contributed by atoms with E-state index in [1.165, 1.54) is 126 Å². The Kier molecular flexibility index (Phi) is 7.39. The predicted molar refractivity (Wildman–Crippen MR) is 238 cm³/mol. The summed E-state index contributed by atoms with van der Waals surface area (Å²) in [7, 11) is 0. The van der Waals surface area contributed by atoms with Gasteiger partial charge in [0.25, 0.3) is 0 Å². The number of furan rings is 1. The first-order chi connectivity index (χ1) is 26.7. The van der Waals surface area contributed by atoms with Gasteiger partial charge in [-0.1, -0.05) is 109 Å². The Bertz CT molecular complexity index is 3180. The van der Waals surface area contributed by atoms with Gasteiger partial charge in [-0.05, 0) is 189 Å². The zero-order chi connectivity index (χ0) is 37.9. The molecule has 10 aromatic rings. The molecule has 0 bridgehead atoms. The van der Waals surface area contributed by atoms with E-state index < -0.39 is 0 Å². The number of benzene rings is 9. The topological polar surface area (TPSA) is 13.1 Å². The molecule has 0 aliphatic heterocycles. The third-order valence-electron chi connectivity index (χ3n) is 13.3. The standard InChI is InChI=1S/C54H44O/c1-29-31(3)35(7)49-47(33(29)5)52(40-27-24-38(25-28-40)42-19-13-16-39-26-23-37-15-9-10-17-41(37)51(39)42)48-34(6)30(2)32(4)36(8)50(48)54(49)44-20-14-22-46-53(44)43-18-11-12-21-45(43)55-46/h9-28H,1-8H3. The molecule has 0 N–H and O–H groups in total. The van der Waals surface area contributed by atoms with Gasteiger partial charge in [0.05, 0.1) is 0 Å². The quantitative estimate of drug-likeness (QED) is 0.132. The van der Waals surface area contributed by atoms with E-state index in [0.717, 1.165) is 16.6 Å². The van der Waals surface area contributed by atoms with Crippen molar-refractivity contribution in [1.82, 2.24) is 0 Å². The Labute approximate surface area is 322 Å². The molecule has 0 spiro atoms. The molecule has 0 radical (unpaired) electrons. The van der Waals surface area contributed by atoms with E-state index in [4.69, 9.17) is 4.42 Å². The van der Waals surface area contributed by atoms with Crippen molar-refractivity contribution < 1.29 is 4.42 Å². The largest absolute Gasteiger partial charge is 0.456 e. The van der Waals surface area contributed by atoms with Crippen molar-refractivity contribution in [2.75, 3.05) is 0 Å². The number of hydrogen-bond donors (Lipinski definition) is 0. The molecule has 10 rings (SSSR count). The third kappa shape index (κ3) is 4.66. The Balaban J connectivity index is 1.36. The summed E-state index contributed by atoms with van der Waals surface area (Å²) in [5.41, 5.74) is 20.3. The number of para-hydroxylation sites is 1. The van der Waals surface area contributed by atoms with Crippen molar-refractivity contribution in [1.29, 1.82) is 0 Å². The van der Waals surface area contributed by atoms with Gasteiger partial charge in [0.15, 0.2) is 0 Å². The average Bonchev–Trinajstić information content (AvgIpc) is 3.61. The first-order valence-electron chi connectivity index (χ1n) is 19.5. The van der Waals surface area contributed by atoms with Crippen LogP contribution in [-0.2, 0) is 0 Å². The minimum absolute atomic E-state index is 0.925. The monoisotopic (exact) mass is 708 g/mol. The lowest BCUT2D eigenvalue weighted by molar-refractivity contribution is 0.669. The van der Waals surface area contributed by atoms with Gasteiger partial charge < -0.3 is 4.42 Å². The molecular formula is C54H44O. The Hall–Kier alpha value is -6.18. The fourth-order valence-corrected chi connectivity index (χ4v) is 9.78. The fourth-order valence-electron chi connectivity index (χ4n) is 9.78. The summed E-state index contributed by atoms with van der Waals surface area (Å²) < 4.78 is 6.52. The van der Waals surface area contributed by atoms with E-state index in [-0.39, 0.29) is 0 Å². The minimum atomic E-state index is 0.925. The van der Waals surface area contributed by atoms with Crippen molar-refractivity contribution in [3.63, 3.8) is 0 Å². The zero-order valence-electron chi connectivity index (χ0n) is 33.0. The lowest BCUT2D eigenvalue weighted by Crippen LogP contribution is -2.03. The minimum Gasteiger partial charge on any atom is -0.456 e. The van der Waals surface area contributed by atoms with Crippen molar-refractivity contribution in [3.05, 3.63) is 166 Å². The summed E-state index contributed by atoms with van der Waals surface area (Å²) in [5.74, 6) is 0. The van der Waals surface area contributed by atoms with E-state index >= 15 is 0 Å². The van der Waals surface area contributed by atoms with Crippen LogP contribution in [0.4, 0.5) is 0 Å². The third-order valence-corrected chi connectivity index (χ3v) is 13.3. The highest BCUT2D eigenvalue weighted by molar-refractivity contribution is 6.28. The molecule has 0 fully saturated rings. The second-order valence-corrected chi connectivity index (χ2v) is 15.8. The maximum absolute atomic E-state index is 6.52. The fraction of sp³-hybridized carbons (Fsp3) is 0.148. The van der Waals surface area contributed by atoms with Crippen molar-refractivity contribution in [3.8, 4) is 33.4 Å².